The van der Waals surface area contributed by atoms with Crippen LogP contribution in [0.3, 0.4) is 0 Å². The summed E-state index contributed by atoms with van der Waals surface area (Å²) < 4.78 is 85.5. The summed E-state index contributed by atoms with van der Waals surface area (Å²) in [6.45, 7) is 6.58. The number of benzene rings is 2. The largest absolute Gasteiger partial charge is 0.353 e. The van der Waals surface area contributed by atoms with E-state index in [1.807, 2.05) is 13.8 Å². The lowest BCUT2D eigenvalue weighted by atomic mass is 9.99. The third kappa shape index (κ3) is 5.81. The molecule has 0 N–H and O–H groups in total. The first kappa shape index (κ1) is 27.1. The highest BCUT2D eigenvalue weighted by atomic mass is 32.2. The molecule has 0 amide bonds. The zero-order chi connectivity index (χ0) is 26.3. The Bertz CT molecular complexity index is 1270. The van der Waals surface area contributed by atoms with Crippen LogP contribution in [0, 0.1) is 13.8 Å². The van der Waals surface area contributed by atoms with Crippen molar-refractivity contribution in [3.05, 3.63) is 59.7 Å². The molecule has 2 aliphatic rings. The number of hydrogen-bond acceptors (Lipinski definition) is 10. The first-order chi connectivity index (χ1) is 16.8. The Labute approximate surface area is 211 Å². The van der Waals surface area contributed by atoms with E-state index in [-0.39, 0.29) is 9.79 Å². The van der Waals surface area contributed by atoms with Gasteiger partial charge in [-0.2, -0.15) is 16.8 Å². The maximum absolute atomic E-state index is 13.0. The summed E-state index contributed by atoms with van der Waals surface area (Å²) in [6.07, 6.45) is -5.23. The van der Waals surface area contributed by atoms with Crippen LogP contribution in [-0.2, 0) is 47.5 Å². The van der Waals surface area contributed by atoms with Gasteiger partial charge >= 0.3 is 0 Å². The topological polar surface area (TPSA) is 124 Å². The zero-order valence-electron chi connectivity index (χ0n) is 20.6. The summed E-state index contributed by atoms with van der Waals surface area (Å²) in [7, 11) is -6.97. The molecule has 0 radical (unpaired) electrons. The predicted octanol–water partition coefficient (Wildman–Crippen LogP) is 2.67. The molecule has 198 valence electrons. The van der Waals surface area contributed by atoms with Crippen LogP contribution in [0.2, 0.25) is 0 Å². The highest BCUT2D eigenvalue weighted by molar-refractivity contribution is 7.87. The molecule has 0 bridgehead atoms. The minimum Gasteiger partial charge on any atom is -0.353 e. The second-order valence-corrected chi connectivity index (χ2v) is 12.4. The fourth-order valence-electron chi connectivity index (χ4n) is 4.10. The molecule has 0 saturated carbocycles. The Morgan fingerprint density at radius 1 is 0.806 bits per heavy atom. The van der Waals surface area contributed by atoms with Crippen molar-refractivity contribution in [1.82, 2.24) is 0 Å². The minimum absolute atomic E-state index is 0.00178. The molecular weight excluding hydrogens is 512 g/mol. The molecule has 0 aromatic heterocycles. The summed E-state index contributed by atoms with van der Waals surface area (Å²) in [5.74, 6) is -1.12. The number of ether oxygens (including phenoxy) is 4. The summed E-state index contributed by atoms with van der Waals surface area (Å²) in [5.41, 5.74) is 1.79. The Morgan fingerprint density at radius 2 is 1.31 bits per heavy atom. The number of rotatable bonds is 8. The molecule has 36 heavy (non-hydrogen) atoms. The molecule has 12 heteroatoms. The monoisotopic (exact) mass is 542 g/mol. The van der Waals surface area contributed by atoms with Gasteiger partial charge in [0.25, 0.3) is 20.2 Å². The van der Waals surface area contributed by atoms with Gasteiger partial charge in [-0.25, -0.2) is 0 Å². The molecule has 2 aliphatic heterocycles. The number of fused-ring (bicyclic) bond motifs is 1. The fraction of sp³-hybridized carbons (Fsp3) is 0.500. The highest BCUT2D eigenvalue weighted by Gasteiger charge is 2.57. The van der Waals surface area contributed by atoms with Gasteiger partial charge in [-0.15, -0.1) is 0 Å². The van der Waals surface area contributed by atoms with Gasteiger partial charge in [-0.1, -0.05) is 35.4 Å². The van der Waals surface area contributed by atoms with Crippen molar-refractivity contribution in [1.29, 1.82) is 0 Å². The van der Waals surface area contributed by atoms with Crippen LogP contribution in [0.15, 0.2) is 58.3 Å². The Balaban J connectivity index is 1.56. The zero-order valence-corrected chi connectivity index (χ0v) is 22.2. The second-order valence-electron chi connectivity index (χ2n) is 9.22. The van der Waals surface area contributed by atoms with E-state index in [4.69, 9.17) is 27.3 Å². The third-order valence-electron chi connectivity index (χ3n) is 5.91. The lowest BCUT2D eigenvalue weighted by Crippen LogP contribution is -2.59. The maximum atomic E-state index is 13.0. The first-order valence-electron chi connectivity index (χ1n) is 11.3. The Hall–Kier alpha value is -1.90. The van der Waals surface area contributed by atoms with Crippen molar-refractivity contribution < 1.29 is 44.1 Å². The van der Waals surface area contributed by atoms with Gasteiger partial charge in [-0.3, -0.25) is 8.37 Å². The average Bonchev–Trinajstić information content (AvgIpc) is 3.14. The van der Waals surface area contributed by atoms with Gasteiger partial charge in [0, 0.05) is 7.11 Å². The van der Waals surface area contributed by atoms with Gasteiger partial charge in [0.1, 0.15) is 18.3 Å². The van der Waals surface area contributed by atoms with E-state index in [9.17, 15) is 16.8 Å². The normalized spacial score (nSPS) is 28.1. The standard InChI is InChI=1S/C24H30O10S2/c1-15-6-10-17(11-7-15)35(25,26)30-14-19-20-21(33-24(3,4)32-20)22(23(29-5)31-19)34-36(27,28)18-12-8-16(2)9-13-18/h6-13,19-23H,14H2,1-5H3/t19-,20+,21-,22-,23+/m0/s1. The molecule has 2 aromatic rings. The van der Waals surface area contributed by atoms with Crippen molar-refractivity contribution in [3.8, 4) is 0 Å². The quantitative estimate of drug-likeness (QED) is 0.460. The van der Waals surface area contributed by atoms with E-state index >= 15 is 0 Å². The van der Waals surface area contributed by atoms with Crippen molar-refractivity contribution in [2.24, 2.45) is 0 Å². The number of hydrogen-bond donors (Lipinski definition) is 0. The maximum Gasteiger partial charge on any atom is 0.297 e. The van der Waals surface area contributed by atoms with Crippen LogP contribution in [0.1, 0.15) is 25.0 Å². The van der Waals surface area contributed by atoms with Crippen LogP contribution in [0.4, 0.5) is 0 Å². The summed E-state index contributed by atoms with van der Waals surface area (Å²) in [5, 5.41) is 0. The highest BCUT2D eigenvalue weighted by Crippen LogP contribution is 2.40. The molecule has 0 unspecified atom stereocenters. The lowest BCUT2D eigenvalue weighted by Gasteiger charge is -2.40. The van der Waals surface area contributed by atoms with Crippen LogP contribution in [0.25, 0.3) is 0 Å². The summed E-state index contributed by atoms with van der Waals surface area (Å²) in [4.78, 5) is -0.0367. The van der Waals surface area contributed by atoms with Gasteiger partial charge in [0.05, 0.1) is 16.4 Å². The molecule has 2 fully saturated rings. The van der Waals surface area contributed by atoms with Crippen LogP contribution in [-0.4, -0.2) is 67.0 Å². The second kappa shape index (κ2) is 10.1. The molecule has 4 rings (SSSR count). The van der Waals surface area contributed by atoms with Gasteiger partial charge < -0.3 is 18.9 Å². The van der Waals surface area contributed by atoms with Crippen molar-refractivity contribution in [2.75, 3.05) is 13.7 Å². The third-order valence-corrected chi connectivity index (χ3v) is 8.53. The van der Waals surface area contributed by atoms with Crippen molar-refractivity contribution >= 4 is 20.2 Å². The average molecular weight is 543 g/mol. The van der Waals surface area contributed by atoms with E-state index in [0.29, 0.717) is 0 Å². The van der Waals surface area contributed by atoms with E-state index in [0.717, 1.165) is 11.1 Å². The van der Waals surface area contributed by atoms with E-state index in [1.54, 1.807) is 38.1 Å². The molecular formula is C24H30O10S2. The number of aryl methyl sites for hydroxylation is 2. The first-order valence-corrected chi connectivity index (χ1v) is 14.1. The molecule has 2 aromatic carbocycles. The summed E-state index contributed by atoms with van der Waals surface area (Å²) >= 11 is 0. The van der Waals surface area contributed by atoms with Gasteiger partial charge in [0.15, 0.2) is 18.2 Å². The molecule has 0 spiro atoms. The molecule has 0 aliphatic carbocycles. The SMILES string of the molecule is CO[C@@H]1O[C@@H](COS(=O)(=O)c2ccc(C)cc2)[C@H]2OC(C)(C)O[C@@H]2[C@@H]1OS(=O)(=O)c1ccc(C)cc1. The van der Waals surface area contributed by atoms with Crippen LogP contribution in [0.5, 0.6) is 0 Å². The summed E-state index contributed by atoms with van der Waals surface area (Å²) in [6, 6.07) is 12.4. The number of methoxy groups -OCH3 is 1. The minimum atomic E-state index is -4.21. The Morgan fingerprint density at radius 3 is 1.83 bits per heavy atom. The van der Waals surface area contributed by atoms with Crippen LogP contribution >= 0.6 is 0 Å². The van der Waals surface area contributed by atoms with Crippen LogP contribution < -0.4 is 0 Å². The lowest BCUT2D eigenvalue weighted by molar-refractivity contribution is -0.266. The van der Waals surface area contributed by atoms with E-state index in [2.05, 4.69) is 0 Å². The predicted molar refractivity (Wildman–Crippen MR) is 127 cm³/mol. The molecule has 10 nitrogen and oxygen atoms in total. The van der Waals surface area contributed by atoms with Crippen molar-refractivity contribution in [2.45, 2.75) is 74.0 Å². The smallest absolute Gasteiger partial charge is 0.297 e. The molecule has 2 saturated heterocycles. The van der Waals surface area contributed by atoms with E-state index < -0.39 is 63.3 Å². The molecule has 5 atom stereocenters. The van der Waals surface area contributed by atoms with E-state index in [1.165, 1.54) is 31.4 Å². The van der Waals surface area contributed by atoms with Gasteiger partial charge in [-0.05, 0) is 52.0 Å². The van der Waals surface area contributed by atoms with Crippen molar-refractivity contribution in [3.63, 3.8) is 0 Å². The van der Waals surface area contributed by atoms with Gasteiger partial charge in [0.2, 0.25) is 0 Å². The Kier molecular flexibility index (Phi) is 7.62. The molecule has 2 heterocycles. The fourth-order valence-corrected chi connectivity index (χ4v) is 6.09.